The minimum Gasteiger partial charge on any atom is -0.313 e. The maximum absolute atomic E-state index is 9.08. The van der Waals surface area contributed by atoms with Gasteiger partial charge in [0.2, 0.25) is 0 Å². The molecular formula is C15H16BrN3. The Balaban J connectivity index is 1.86. The molecule has 0 bridgehead atoms. The topological polar surface area (TPSA) is 48.7 Å². The van der Waals surface area contributed by atoms with E-state index in [0.717, 1.165) is 30.9 Å². The third-order valence-corrected chi connectivity index (χ3v) is 4.80. The second-order valence-electron chi connectivity index (χ2n) is 5.31. The highest BCUT2D eigenvalue weighted by atomic mass is 79.9. The smallest absolute Gasteiger partial charge is 0.123 e. The third kappa shape index (κ3) is 2.58. The number of rotatable bonds is 1. The summed E-state index contributed by atoms with van der Waals surface area (Å²) in [4.78, 5) is 4.26. The van der Waals surface area contributed by atoms with Crippen LogP contribution in [0, 0.1) is 17.2 Å². The summed E-state index contributed by atoms with van der Waals surface area (Å²) in [6.07, 6.45) is 9.02. The van der Waals surface area contributed by atoms with Gasteiger partial charge in [-0.25, -0.2) is 4.98 Å². The van der Waals surface area contributed by atoms with E-state index in [2.05, 4.69) is 38.4 Å². The first-order valence-electron chi connectivity index (χ1n) is 6.76. The van der Waals surface area contributed by atoms with Crippen LogP contribution in [0.2, 0.25) is 0 Å². The summed E-state index contributed by atoms with van der Waals surface area (Å²) in [7, 11) is 0. The SMILES string of the molecule is N#Cc1cc(C2=CCC3CCCNC3C2)cnc1Br. The number of hydrogen-bond acceptors (Lipinski definition) is 3. The summed E-state index contributed by atoms with van der Waals surface area (Å²) in [6, 6.07) is 4.72. The lowest BCUT2D eigenvalue weighted by atomic mass is 9.78. The van der Waals surface area contributed by atoms with E-state index in [-0.39, 0.29) is 0 Å². The molecule has 1 aliphatic heterocycles. The number of fused-ring (bicyclic) bond motifs is 1. The van der Waals surface area contributed by atoms with Crippen LogP contribution in [0.4, 0.5) is 0 Å². The first-order valence-corrected chi connectivity index (χ1v) is 7.55. The Morgan fingerprint density at radius 1 is 1.47 bits per heavy atom. The van der Waals surface area contributed by atoms with Crippen LogP contribution in [-0.2, 0) is 0 Å². The van der Waals surface area contributed by atoms with E-state index in [9.17, 15) is 0 Å². The van der Waals surface area contributed by atoms with Gasteiger partial charge in [-0.15, -0.1) is 0 Å². The Morgan fingerprint density at radius 2 is 2.37 bits per heavy atom. The normalized spacial score (nSPS) is 26.2. The number of allylic oxidation sites excluding steroid dienone is 1. The number of pyridine rings is 1. The zero-order valence-corrected chi connectivity index (χ0v) is 12.3. The molecule has 2 atom stereocenters. The van der Waals surface area contributed by atoms with Crippen LogP contribution in [0.5, 0.6) is 0 Å². The molecule has 98 valence electrons. The summed E-state index contributed by atoms with van der Waals surface area (Å²) in [6.45, 7) is 1.14. The molecule has 1 aromatic rings. The summed E-state index contributed by atoms with van der Waals surface area (Å²) >= 11 is 3.30. The molecule has 0 saturated carbocycles. The minimum atomic E-state index is 0.600. The molecule has 0 spiro atoms. The Hall–Kier alpha value is -1.18. The van der Waals surface area contributed by atoms with Crippen LogP contribution in [0.15, 0.2) is 22.9 Å². The first-order chi connectivity index (χ1) is 9.28. The van der Waals surface area contributed by atoms with Crippen molar-refractivity contribution in [1.29, 1.82) is 5.26 Å². The zero-order valence-electron chi connectivity index (χ0n) is 10.7. The monoisotopic (exact) mass is 317 g/mol. The molecule has 1 N–H and O–H groups in total. The van der Waals surface area contributed by atoms with Crippen LogP contribution in [-0.4, -0.2) is 17.6 Å². The van der Waals surface area contributed by atoms with Crippen molar-refractivity contribution in [1.82, 2.24) is 10.3 Å². The van der Waals surface area contributed by atoms with E-state index in [1.54, 1.807) is 0 Å². The largest absolute Gasteiger partial charge is 0.313 e. The Morgan fingerprint density at radius 3 is 3.21 bits per heavy atom. The van der Waals surface area contributed by atoms with Crippen molar-refractivity contribution in [3.8, 4) is 6.07 Å². The van der Waals surface area contributed by atoms with Crippen LogP contribution in [0.1, 0.15) is 36.8 Å². The van der Waals surface area contributed by atoms with E-state index in [4.69, 9.17) is 5.26 Å². The van der Waals surface area contributed by atoms with Gasteiger partial charge in [0.05, 0.1) is 5.56 Å². The molecule has 0 amide bonds. The van der Waals surface area contributed by atoms with E-state index in [1.807, 2.05) is 12.3 Å². The Labute approximate surface area is 121 Å². The average molecular weight is 318 g/mol. The lowest BCUT2D eigenvalue weighted by molar-refractivity contribution is 0.278. The second kappa shape index (κ2) is 5.44. The lowest BCUT2D eigenvalue weighted by Crippen LogP contribution is -2.42. The van der Waals surface area contributed by atoms with Crippen LogP contribution in [0.25, 0.3) is 5.57 Å². The van der Waals surface area contributed by atoms with Crippen molar-refractivity contribution in [2.45, 2.75) is 31.7 Å². The Kier molecular flexibility index (Phi) is 3.67. The fourth-order valence-corrected chi connectivity index (χ4v) is 3.40. The number of piperidine rings is 1. The molecule has 0 radical (unpaired) electrons. The molecule has 2 aliphatic rings. The van der Waals surface area contributed by atoms with E-state index < -0.39 is 0 Å². The quantitative estimate of drug-likeness (QED) is 0.809. The van der Waals surface area contributed by atoms with E-state index in [0.29, 0.717) is 16.2 Å². The number of nitriles is 1. The summed E-state index contributed by atoms with van der Waals surface area (Å²) in [5.41, 5.74) is 3.02. The van der Waals surface area contributed by atoms with Gasteiger partial charge < -0.3 is 5.32 Å². The van der Waals surface area contributed by atoms with Crippen molar-refractivity contribution in [3.63, 3.8) is 0 Å². The highest BCUT2D eigenvalue weighted by molar-refractivity contribution is 9.10. The van der Waals surface area contributed by atoms with Gasteiger partial charge in [0.1, 0.15) is 10.7 Å². The third-order valence-electron chi connectivity index (χ3n) is 4.16. The summed E-state index contributed by atoms with van der Waals surface area (Å²) in [5.74, 6) is 0.788. The van der Waals surface area contributed by atoms with Crippen molar-refractivity contribution < 1.29 is 0 Å². The van der Waals surface area contributed by atoms with Crippen LogP contribution >= 0.6 is 15.9 Å². The van der Waals surface area contributed by atoms with Crippen molar-refractivity contribution in [2.75, 3.05) is 6.54 Å². The van der Waals surface area contributed by atoms with Gasteiger partial charge in [-0.2, -0.15) is 5.26 Å². The summed E-state index contributed by atoms with van der Waals surface area (Å²) < 4.78 is 0.629. The van der Waals surface area contributed by atoms with Crippen molar-refractivity contribution >= 4 is 21.5 Å². The summed E-state index contributed by atoms with van der Waals surface area (Å²) in [5, 5.41) is 12.7. The van der Waals surface area contributed by atoms with Gasteiger partial charge in [0.25, 0.3) is 0 Å². The lowest BCUT2D eigenvalue weighted by Gasteiger charge is -2.36. The second-order valence-corrected chi connectivity index (χ2v) is 6.06. The van der Waals surface area contributed by atoms with Gasteiger partial charge in [0, 0.05) is 12.2 Å². The van der Waals surface area contributed by atoms with Crippen molar-refractivity contribution in [3.05, 3.63) is 34.1 Å². The van der Waals surface area contributed by atoms with Gasteiger partial charge in [-0.1, -0.05) is 6.08 Å². The predicted molar refractivity (Wildman–Crippen MR) is 78.4 cm³/mol. The molecule has 2 heterocycles. The molecule has 1 aromatic heterocycles. The molecule has 4 heteroatoms. The number of aromatic nitrogens is 1. The minimum absolute atomic E-state index is 0.600. The molecule has 1 aliphatic carbocycles. The maximum atomic E-state index is 9.08. The van der Waals surface area contributed by atoms with E-state index in [1.165, 1.54) is 18.4 Å². The predicted octanol–water partition coefficient (Wildman–Crippen LogP) is 3.26. The van der Waals surface area contributed by atoms with Gasteiger partial charge >= 0.3 is 0 Å². The number of nitrogens with zero attached hydrogens (tertiary/aromatic N) is 2. The molecule has 1 fully saturated rings. The molecule has 1 saturated heterocycles. The first kappa shape index (κ1) is 12.8. The van der Waals surface area contributed by atoms with Gasteiger partial charge in [0.15, 0.2) is 0 Å². The molecular weight excluding hydrogens is 302 g/mol. The van der Waals surface area contributed by atoms with E-state index >= 15 is 0 Å². The number of halogens is 1. The maximum Gasteiger partial charge on any atom is 0.123 e. The molecule has 3 nitrogen and oxygen atoms in total. The van der Waals surface area contributed by atoms with Crippen LogP contribution < -0.4 is 5.32 Å². The van der Waals surface area contributed by atoms with Gasteiger partial charge in [-0.05, 0) is 71.3 Å². The molecule has 2 unspecified atom stereocenters. The molecule has 3 rings (SSSR count). The molecule has 0 aromatic carbocycles. The average Bonchev–Trinajstić information content (AvgIpc) is 2.47. The number of nitrogens with one attached hydrogen (secondary N) is 1. The highest BCUT2D eigenvalue weighted by Crippen LogP contribution is 2.34. The van der Waals surface area contributed by atoms with Gasteiger partial charge in [-0.3, -0.25) is 0 Å². The zero-order chi connectivity index (χ0) is 13.2. The number of hydrogen-bond donors (Lipinski definition) is 1. The standard InChI is InChI=1S/C15H16BrN3/c16-15-12(8-17)6-13(9-19-15)11-4-3-10-2-1-5-18-14(10)7-11/h4,6,9-10,14,18H,1-3,5,7H2. The fourth-order valence-electron chi connectivity index (χ4n) is 3.09. The molecule has 19 heavy (non-hydrogen) atoms. The fraction of sp³-hybridized carbons (Fsp3) is 0.467. The van der Waals surface area contributed by atoms with Crippen molar-refractivity contribution in [2.24, 2.45) is 5.92 Å². The highest BCUT2D eigenvalue weighted by Gasteiger charge is 2.28. The van der Waals surface area contributed by atoms with Crippen LogP contribution in [0.3, 0.4) is 0 Å². The Bertz CT molecular complexity index is 559.